The number of nitrogens with one attached hydrogen (secondary N) is 1. The average Bonchev–Trinajstić information content (AvgIpc) is 2.75. The second-order valence-corrected chi connectivity index (χ2v) is 4.59. The van der Waals surface area contributed by atoms with Crippen LogP contribution in [0, 0.1) is 0 Å². The van der Waals surface area contributed by atoms with E-state index in [0.29, 0.717) is 5.65 Å². The van der Waals surface area contributed by atoms with Gasteiger partial charge in [0.2, 0.25) is 17.7 Å². The van der Waals surface area contributed by atoms with E-state index in [2.05, 4.69) is 10.4 Å². The summed E-state index contributed by atoms with van der Waals surface area (Å²) in [6, 6.07) is 5.04. The van der Waals surface area contributed by atoms with Gasteiger partial charge in [0.05, 0.1) is 0 Å². The fourth-order valence-corrected chi connectivity index (χ4v) is 2.11. The predicted octanol–water partition coefficient (Wildman–Crippen LogP) is -2.02. The summed E-state index contributed by atoms with van der Waals surface area (Å²) in [5.74, 6) is -1.59. The SMILES string of the molecule is O=C1CN(C(=O)Cn2nc3ccccn3c2=O)CC(=O)N1. The van der Waals surface area contributed by atoms with Crippen LogP contribution in [0.15, 0.2) is 29.2 Å². The molecular formula is C12H11N5O4. The largest absolute Gasteiger partial charge is 0.350 e. The van der Waals surface area contributed by atoms with Crippen LogP contribution < -0.4 is 11.0 Å². The molecule has 0 atom stereocenters. The third-order valence-electron chi connectivity index (χ3n) is 3.07. The van der Waals surface area contributed by atoms with Crippen LogP contribution in [0.2, 0.25) is 0 Å². The minimum Gasteiger partial charge on any atom is -0.322 e. The van der Waals surface area contributed by atoms with Crippen molar-refractivity contribution in [1.29, 1.82) is 0 Å². The quantitative estimate of drug-likeness (QED) is 0.642. The second kappa shape index (κ2) is 4.85. The van der Waals surface area contributed by atoms with Crippen molar-refractivity contribution in [2.24, 2.45) is 0 Å². The smallest absolute Gasteiger partial charge is 0.322 e. The van der Waals surface area contributed by atoms with Crippen LogP contribution >= 0.6 is 0 Å². The van der Waals surface area contributed by atoms with Gasteiger partial charge in [-0.05, 0) is 12.1 Å². The van der Waals surface area contributed by atoms with Gasteiger partial charge in [0, 0.05) is 6.20 Å². The van der Waals surface area contributed by atoms with E-state index in [1.165, 1.54) is 4.40 Å². The van der Waals surface area contributed by atoms with E-state index in [-0.39, 0.29) is 19.6 Å². The molecule has 3 heterocycles. The number of amides is 3. The molecule has 0 radical (unpaired) electrons. The summed E-state index contributed by atoms with van der Waals surface area (Å²) in [4.78, 5) is 47.7. The van der Waals surface area contributed by atoms with Gasteiger partial charge in [0.15, 0.2) is 5.65 Å². The van der Waals surface area contributed by atoms with Crippen molar-refractivity contribution >= 4 is 23.4 Å². The molecule has 0 spiro atoms. The molecule has 21 heavy (non-hydrogen) atoms. The van der Waals surface area contributed by atoms with E-state index in [9.17, 15) is 19.2 Å². The van der Waals surface area contributed by atoms with Crippen LogP contribution in [0.5, 0.6) is 0 Å². The first-order valence-corrected chi connectivity index (χ1v) is 6.19. The van der Waals surface area contributed by atoms with Crippen LogP contribution in [-0.2, 0) is 20.9 Å². The highest BCUT2D eigenvalue weighted by Crippen LogP contribution is 1.99. The summed E-state index contributed by atoms with van der Waals surface area (Å²) >= 11 is 0. The van der Waals surface area contributed by atoms with Crippen molar-refractivity contribution in [3.63, 3.8) is 0 Å². The van der Waals surface area contributed by atoms with Gasteiger partial charge >= 0.3 is 5.69 Å². The highest BCUT2D eigenvalue weighted by molar-refractivity contribution is 6.02. The van der Waals surface area contributed by atoms with Gasteiger partial charge in [-0.2, -0.15) is 0 Å². The topological polar surface area (TPSA) is 106 Å². The Labute approximate surface area is 117 Å². The molecule has 1 N–H and O–H groups in total. The Kier molecular flexibility index (Phi) is 3.01. The molecule has 9 nitrogen and oxygen atoms in total. The summed E-state index contributed by atoms with van der Waals surface area (Å²) in [5, 5.41) is 6.12. The van der Waals surface area contributed by atoms with E-state index in [1.54, 1.807) is 24.4 Å². The van der Waals surface area contributed by atoms with Gasteiger partial charge in [0.1, 0.15) is 19.6 Å². The Morgan fingerprint density at radius 1 is 1.19 bits per heavy atom. The number of aromatic nitrogens is 3. The normalized spacial score (nSPS) is 15.3. The minimum absolute atomic E-state index is 0.202. The highest BCUT2D eigenvalue weighted by Gasteiger charge is 2.27. The van der Waals surface area contributed by atoms with Gasteiger partial charge in [-0.25, -0.2) is 9.48 Å². The number of imide groups is 1. The van der Waals surface area contributed by atoms with Crippen molar-refractivity contribution in [3.05, 3.63) is 34.9 Å². The van der Waals surface area contributed by atoms with Crippen LogP contribution in [0.4, 0.5) is 0 Å². The molecule has 2 aromatic heterocycles. The minimum atomic E-state index is -0.540. The Morgan fingerprint density at radius 3 is 2.57 bits per heavy atom. The van der Waals surface area contributed by atoms with Crippen LogP contribution in [0.3, 0.4) is 0 Å². The first-order valence-electron chi connectivity index (χ1n) is 6.19. The third-order valence-corrected chi connectivity index (χ3v) is 3.07. The number of fused-ring (bicyclic) bond motifs is 1. The summed E-state index contributed by atoms with van der Waals surface area (Å²) in [6.45, 7) is -0.722. The van der Waals surface area contributed by atoms with E-state index >= 15 is 0 Å². The maximum atomic E-state index is 12.1. The zero-order valence-electron chi connectivity index (χ0n) is 10.9. The van der Waals surface area contributed by atoms with Crippen molar-refractivity contribution < 1.29 is 14.4 Å². The molecule has 0 aliphatic carbocycles. The fourth-order valence-electron chi connectivity index (χ4n) is 2.11. The molecule has 2 aromatic rings. The van der Waals surface area contributed by atoms with Crippen molar-refractivity contribution in [2.75, 3.05) is 13.1 Å². The molecule has 0 aromatic carbocycles. The number of hydrogen-bond acceptors (Lipinski definition) is 5. The molecule has 3 amide bonds. The molecule has 3 rings (SSSR count). The molecule has 0 saturated carbocycles. The first-order chi connectivity index (χ1) is 10.0. The number of rotatable bonds is 2. The molecule has 0 unspecified atom stereocenters. The van der Waals surface area contributed by atoms with E-state index < -0.39 is 23.4 Å². The van der Waals surface area contributed by atoms with Crippen LogP contribution in [0.25, 0.3) is 5.65 Å². The fraction of sp³-hybridized carbons (Fsp3) is 0.250. The van der Waals surface area contributed by atoms with Crippen LogP contribution in [-0.4, -0.2) is 49.9 Å². The number of carbonyl (C=O) groups is 3. The van der Waals surface area contributed by atoms with Gasteiger partial charge in [0.25, 0.3) is 0 Å². The zero-order chi connectivity index (χ0) is 15.0. The van der Waals surface area contributed by atoms with Gasteiger partial charge in [-0.3, -0.25) is 24.1 Å². The molecule has 1 aliphatic rings. The summed E-state index contributed by atoms with van der Waals surface area (Å²) in [7, 11) is 0. The Morgan fingerprint density at radius 2 is 1.90 bits per heavy atom. The molecule has 108 valence electrons. The Balaban J connectivity index is 1.83. The third kappa shape index (κ3) is 2.40. The molecular weight excluding hydrogens is 278 g/mol. The summed E-state index contributed by atoms with van der Waals surface area (Å²) < 4.78 is 2.32. The first kappa shape index (κ1) is 13.0. The molecule has 1 aliphatic heterocycles. The van der Waals surface area contributed by atoms with Crippen molar-refractivity contribution in [2.45, 2.75) is 6.54 Å². The maximum Gasteiger partial charge on any atom is 0.350 e. The number of carbonyl (C=O) groups excluding carboxylic acids is 3. The highest BCUT2D eigenvalue weighted by atomic mass is 16.2. The average molecular weight is 289 g/mol. The summed E-state index contributed by atoms with van der Waals surface area (Å²) in [5.41, 5.74) is -0.0329. The number of piperazine rings is 1. The number of hydrogen-bond donors (Lipinski definition) is 1. The number of pyridine rings is 1. The lowest BCUT2D eigenvalue weighted by molar-refractivity contribution is -0.145. The standard InChI is InChI=1S/C12H11N5O4/c18-9-5-15(6-10(19)13-9)11(20)7-17-12(21)16-4-2-1-3-8(16)14-17/h1-4H,5-7H2,(H,13,18,19). The predicted molar refractivity (Wildman–Crippen MR) is 69.2 cm³/mol. The molecule has 9 heteroatoms. The Hall–Kier alpha value is -2.97. The molecule has 0 bridgehead atoms. The van der Waals surface area contributed by atoms with Crippen molar-refractivity contribution in [1.82, 2.24) is 24.4 Å². The second-order valence-electron chi connectivity index (χ2n) is 4.59. The molecule has 1 fully saturated rings. The van der Waals surface area contributed by atoms with Crippen LogP contribution in [0.1, 0.15) is 0 Å². The van der Waals surface area contributed by atoms with Gasteiger partial charge in [-0.15, -0.1) is 5.10 Å². The summed E-state index contributed by atoms with van der Waals surface area (Å²) in [6.07, 6.45) is 1.55. The Bertz CT molecular complexity index is 789. The number of nitrogens with zero attached hydrogens (tertiary/aromatic N) is 4. The van der Waals surface area contributed by atoms with Gasteiger partial charge in [-0.1, -0.05) is 6.07 Å². The van der Waals surface area contributed by atoms with E-state index in [0.717, 1.165) is 9.58 Å². The molecule has 1 saturated heterocycles. The lowest BCUT2D eigenvalue weighted by Crippen LogP contribution is -2.54. The zero-order valence-corrected chi connectivity index (χ0v) is 10.9. The maximum absolute atomic E-state index is 12.1. The van der Waals surface area contributed by atoms with E-state index in [4.69, 9.17) is 0 Å². The monoisotopic (exact) mass is 289 g/mol. The lowest BCUT2D eigenvalue weighted by Gasteiger charge is -2.25. The lowest BCUT2D eigenvalue weighted by atomic mass is 10.3. The van der Waals surface area contributed by atoms with E-state index in [1.807, 2.05) is 0 Å². The van der Waals surface area contributed by atoms with Crippen molar-refractivity contribution in [3.8, 4) is 0 Å². The van der Waals surface area contributed by atoms with Gasteiger partial charge < -0.3 is 4.90 Å².